The molecular formula is C12H14N2O3. The van der Waals surface area contributed by atoms with Gasteiger partial charge in [-0.3, -0.25) is 4.79 Å². The Labute approximate surface area is 99.3 Å². The van der Waals surface area contributed by atoms with Gasteiger partial charge in [-0.05, 0) is 19.1 Å². The fraction of sp³-hybridized carbons (Fsp3) is 0.333. The highest BCUT2D eigenvalue weighted by atomic mass is 16.5. The molecule has 1 N–H and O–H groups in total. The van der Waals surface area contributed by atoms with E-state index in [1.165, 1.54) is 5.01 Å². The lowest BCUT2D eigenvalue weighted by Crippen LogP contribution is -2.14. The number of hydrogen-bond acceptors (Lipinski definition) is 4. The van der Waals surface area contributed by atoms with Crippen LogP contribution in [-0.4, -0.2) is 35.4 Å². The Morgan fingerprint density at radius 2 is 2.29 bits per heavy atom. The first-order valence-electron chi connectivity index (χ1n) is 5.42. The van der Waals surface area contributed by atoms with Gasteiger partial charge >= 0.3 is 0 Å². The first-order valence-corrected chi connectivity index (χ1v) is 5.42. The van der Waals surface area contributed by atoms with Crippen LogP contribution in [0.5, 0.6) is 11.5 Å². The SMILES string of the molecule is CCOc1cccc(O)c1C1=NN(C)C(=O)C1. The van der Waals surface area contributed by atoms with Gasteiger partial charge in [-0.2, -0.15) is 5.10 Å². The van der Waals surface area contributed by atoms with E-state index in [-0.39, 0.29) is 18.1 Å². The summed E-state index contributed by atoms with van der Waals surface area (Å²) in [5.74, 6) is 0.540. The molecule has 0 bridgehead atoms. The number of carbonyl (C=O) groups is 1. The number of benzene rings is 1. The van der Waals surface area contributed by atoms with Crippen LogP contribution in [0.3, 0.4) is 0 Å². The van der Waals surface area contributed by atoms with Crippen molar-refractivity contribution in [3.05, 3.63) is 23.8 Å². The zero-order valence-corrected chi connectivity index (χ0v) is 9.80. The normalized spacial score (nSPS) is 15.1. The monoisotopic (exact) mass is 234 g/mol. The summed E-state index contributed by atoms with van der Waals surface area (Å²) < 4.78 is 5.43. The number of rotatable bonds is 3. The Kier molecular flexibility index (Phi) is 2.99. The molecule has 0 fully saturated rings. The molecule has 5 nitrogen and oxygen atoms in total. The summed E-state index contributed by atoms with van der Waals surface area (Å²) in [4.78, 5) is 11.4. The number of amides is 1. The van der Waals surface area contributed by atoms with Crippen molar-refractivity contribution >= 4 is 11.6 Å². The molecule has 0 radical (unpaired) electrons. The number of nitrogens with zero attached hydrogens (tertiary/aromatic N) is 2. The highest BCUT2D eigenvalue weighted by Crippen LogP contribution is 2.31. The molecule has 0 unspecified atom stereocenters. The van der Waals surface area contributed by atoms with Gasteiger partial charge in [0.05, 0.1) is 24.3 Å². The van der Waals surface area contributed by atoms with Gasteiger partial charge < -0.3 is 9.84 Å². The van der Waals surface area contributed by atoms with Crippen molar-refractivity contribution in [1.82, 2.24) is 5.01 Å². The lowest BCUT2D eigenvalue weighted by atomic mass is 10.1. The summed E-state index contributed by atoms with van der Waals surface area (Å²) in [7, 11) is 1.59. The van der Waals surface area contributed by atoms with E-state index in [2.05, 4.69) is 5.10 Å². The largest absolute Gasteiger partial charge is 0.507 e. The molecule has 0 atom stereocenters. The molecule has 1 aromatic rings. The molecular weight excluding hydrogens is 220 g/mol. The smallest absolute Gasteiger partial charge is 0.248 e. The Hall–Kier alpha value is -2.04. The highest BCUT2D eigenvalue weighted by Gasteiger charge is 2.26. The van der Waals surface area contributed by atoms with Crippen LogP contribution in [0.1, 0.15) is 18.9 Å². The molecule has 1 heterocycles. The van der Waals surface area contributed by atoms with Crippen molar-refractivity contribution < 1.29 is 14.6 Å². The van der Waals surface area contributed by atoms with Gasteiger partial charge in [-0.1, -0.05) is 6.07 Å². The molecule has 5 heteroatoms. The zero-order chi connectivity index (χ0) is 12.4. The minimum atomic E-state index is -0.0919. The number of hydrazone groups is 1. The molecule has 17 heavy (non-hydrogen) atoms. The van der Waals surface area contributed by atoms with Crippen LogP contribution in [-0.2, 0) is 4.79 Å². The van der Waals surface area contributed by atoms with E-state index in [1.807, 2.05) is 6.92 Å². The molecule has 90 valence electrons. The topological polar surface area (TPSA) is 62.1 Å². The molecule has 1 aromatic carbocycles. The van der Waals surface area contributed by atoms with E-state index in [9.17, 15) is 9.90 Å². The predicted octanol–water partition coefficient (Wildman–Crippen LogP) is 1.36. The first-order chi connectivity index (χ1) is 8.13. The summed E-state index contributed by atoms with van der Waals surface area (Å²) in [6.07, 6.45) is 0.189. The van der Waals surface area contributed by atoms with Crippen molar-refractivity contribution in [2.75, 3.05) is 13.7 Å². The van der Waals surface area contributed by atoms with Crippen LogP contribution in [0.2, 0.25) is 0 Å². The molecule has 0 saturated heterocycles. The third kappa shape index (κ3) is 2.08. The molecule has 0 aromatic heterocycles. The minimum Gasteiger partial charge on any atom is -0.507 e. The van der Waals surface area contributed by atoms with Crippen LogP contribution in [0.4, 0.5) is 0 Å². The van der Waals surface area contributed by atoms with E-state index in [4.69, 9.17) is 4.74 Å². The van der Waals surface area contributed by atoms with Crippen LogP contribution in [0, 0.1) is 0 Å². The number of ether oxygens (including phenoxy) is 1. The maximum Gasteiger partial charge on any atom is 0.248 e. The van der Waals surface area contributed by atoms with Gasteiger partial charge in [0.25, 0.3) is 0 Å². The van der Waals surface area contributed by atoms with E-state index < -0.39 is 0 Å². The quantitative estimate of drug-likeness (QED) is 0.858. The Morgan fingerprint density at radius 3 is 2.88 bits per heavy atom. The number of carbonyl (C=O) groups excluding carboxylic acids is 1. The Balaban J connectivity index is 2.44. The molecule has 1 amide bonds. The summed E-state index contributed by atoms with van der Waals surface area (Å²) in [5.41, 5.74) is 1.05. The second-order valence-corrected chi connectivity index (χ2v) is 3.72. The van der Waals surface area contributed by atoms with Gasteiger partial charge in [0.1, 0.15) is 11.5 Å². The third-order valence-electron chi connectivity index (χ3n) is 2.54. The second kappa shape index (κ2) is 4.45. The van der Waals surface area contributed by atoms with Gasteiger partial charge in [-0.15, -0.1) is 0 Å². The molecule has 0 saturated carbocycles. The van der Waals surface area contributed by atoms with Crippen LogP contribution >= 0.6 is 0 Å². The summed E-state index contributed by atoms with van der Waals surface area (Å²) in [6.45, 7) is 2.36. The van der Waals surface area contributed by atoms with E-state index >= 15 is 0 Å². The van der Waals surface area contributed by atoms with Crippen molar-refractivity contribution in [1.29, 1.82) is 0 Å². The van der Waals surface area contributed by atoms with Crippen LogP contribution < -0.4 is 4.74 Å². The fourth-order valence-corrected chi connectivity index (χ4v) is 1.75. The van der Waals surface area contributed by atoms with E-state index in [0.717, 1.165) is 0 Å². The van der Waals surface area contributed by atoms with Crippen molar-refractivity contribution in [3.8, 4) is 11.5 Å². The molecule has 0 spiro atoms. The Bertz CT molecular complexity index is 483. The number of hydrogen-bond donors (Lipinski definition) is 1. The second-order valence-electron chi connectivity index (χ2n) is 3.72. The third-order valence-corrected chi connectivity index (χ3v) is 2.54. The summed E-state index contributed by atoms with van der Waals surface area (Å²) in [5, 5.41) is 15.2. The number of phenols is 1. The summed E-state index contributed by atoms with van der Waals surface area (Å²) >= 11 is 0. The first kappa shape index (κ1) is 11.4. The number of aromatic hydroxyl groups is 1. The fourth-order valence-electron chi connectivity index (χ4n) is 1.75. The molecule has 1 aliphatic heterocycles. The van der Waals surface area contributed by atoms with Crippen molar-refractivity contribution in [2.45, 2.75) is 13.3 Å². The van der Waals surface area contributed by atoms with Crippen molar-refractivity contribution in [3.63, 3.8) is 0 Å². The van der Waals surface area contributed by atoms with Crippen LogP contribution in [0.15, 0.2) is 23.3 Å². The molecule has 0 aliphatic carbocycles. The zero-order valence-electron chi connectivity index (χ0n) is 9.80. The summed E-state index contributed by atoms with van der Waals surface area (Å²) in [6, 6.07) is 5.01. The average molecular weight is 234 g/mol. The lowest BCUT2D eigenvalue weighted by molar-refractivity contribution is -0.127. The van der Waals surface area contributed by atoms with Gasteiger partial charge in [0.15, 0.2) is 0 Å². The maximum absolute atomic E-state index is 11.4. The maximum atomic E-state index is 11.4. The highest BCUT2D eigenvalue weighted by molar-refractivity contribution is 6.16. The van der Waals surface area contributed by atoms with Crippen LogP contribution in [0.25, 0.3) is 0 Å². The molecule has 2 rings (SSSR count). The van der Waals surface area contributed by atoms with Gasteiger partial charge in [-0.25, -0.2) is 5.01 Å². The van der Waals surface area contributed by atoms with E-state index in [1.54, 1.807) is 25.2 Å². The van der Waals surface area contributed by atoms with Crippen molar-refractivity contribution in [2.24, 2.45) is 5.10 Å². The predicted molar refractivity (Wildman–Crippen MR) is 63.2 cm³/mol. The minimum absolute atomic E-state index is 0.0813. The lowest BCUT2D eigenvalue weighted by Gasteiger charge is -2.10. The van der Waals surface area contributed by atoms with Gasteiger partial charge in [0, 0.05) is 7.05 Å². The Morgan fingerprint density at radius 1 is 1.53 bits per heavy atom. The molecule has 1 aliphatic rings. The van der Waals surface area contributed by atoms with Gasteiger partial charge in [0.2, 0.25) is 5.91 Å². The standard InChI is InChI=1S/C12H14N2O3/c1-3-17-10-6-4-5-9(15)12(10)8-7-11(16)14(2)13-8/h4-6,15H,3,7H2,1-2H3. The number of phenolic OH excluding ortho intramolecular Hbond substituents is 1. The van der Waals surface area contributed by atoms with E-state index in [0.29, 0.717) is 23.6 Å². The average Bonchev–Trinajstić information content (AvgIpc) is 2.59.